The minimum Gasteiger partial charge on any atom is -0.375 e. The molecule has 2 heteroatoms. The summed E-state index contributed by atoms with van der Waals surface area (Å²) in [5.74, 6) is 0.545. The van der Waals surface area contributed by atoms with E-state index in [0.29, 0.717) is 11.9 Å². The first-order chi connectivity index (χ1) is 4.59. The number of hydrogen-bond acceptors (Lipinski definition) is 1. The first-order valence-electron chi connectivity index (χ1n) is 3.56. The molecule has 0 amide bonds. The highest BCUT2D eigenvalue weighted by molar-refractivity contribution is 6.17. The minimum atomic E-state index is 0.499. The second kappa shape index (κ2) is 4.62. The number of rotatable bonds is 3. The van der Waals surface area contributed by atoms with Gasteiger partial charge in [-0.05, 0) is 19.8 Å². The second-order valence-electron chi connectivity index (χ2n) is 2.88. The van der Waals surface area contributed by atoms with Gasteiger partial charge in [-0.3, -0.25) is 0 Å². The van der Waals surface area contributed by atoms with Crippen molar-refractivity contribution in [2.24, 2.45) is 5.92 Å². The second-order valence-corrected chi connectivity index (χ2v) is 3.15. The van der Waals surface area contributed by atoms with Gasteiger partial charge in [0.25, 0.3) is 0 Å². The van der Waals surface area contributed by atoms with Gasteiger partial charge in [0.2, 0.25) is 0 Å². The summed E-state index contributed by atoms with van der Waals surface area (Å²) in [7, 11) is 0. The molecule has 0 aliphatic heterocycles. The van der Waals surface area contributed by atoms with Gasteiger partial charge in [-0.15, -0.1) is 11.6 Å². The lowest BCUT2D eigenvalue weighted by atomic mass is 10.1. The molecule has 0 aliphatic rings. The summed E-state index contributed by atoms with van der Waals surface area (Å²) in [5.41, 5.74) is 2.57. The van der Waals surface area contributed by atoms with Gasteiger partial charge in [-0.2, -0.15) is 0 Å². The van der Waals surface area contributed by atoms with Crippen molar-refractivity contribution in [1.82, 2.24) is 5.32 Å². The number of nitrogens with one attached hydrogen (secondary N) is 1. The van der Waals surface area contributed by atoms with Crippen LogP contribution in [0.2, 0.25) is 0 Å². The van der Waals surface area contributed by atoms with E-state index < -0.39 is 0 Å². The molecule has 0 saturated heterocycles. The van der Waals surface area contributed by atoms with Gasteiger partial charge in [0.15, 0.2) is 0 Å². The van der Waals surface area contributed by atoms with E-state index >= 15 is 0 Å². The molecule has 0 aromatic rings. The molecule has 0 aromatic carbocycles. The third-order valence-electron chi connectivity index (χ3n) is 1.37. The van der Waals surface area contributed by atoms with E-state index in [1.54, 1.807) is 0 Å². The monoisotopic (exact) mass is 161 g/mol. The van der Waals surface area contributed by atoms with Crippen LogP contribution < -0.4 is 5.32 Å². The Labute approximate surface area is 68.5 Å². The van der Waals surface area contributed by atoms with Gasteiger partial charge >= 0.3 is 0 Å². The van der Waals surface area contributed by atoms with Crippen LogP contribution in [0.15, 0.2) is 11.3 Å². The highest BCUT2D eigenvalue weighted by Gasteiger charge is 2.02. The Morgan fingerprint density at radius 2 is 1.90 bits per heavy atom. The van der Waals surface area contributed by atoms with Crippen molar-refractivity contribution in [2.45, 2.75) is 27.7 Å². The number of halogens is 1. The molecule has 0 aliphatic carbocycles. The van der Waals surface area contributed by atoms with E-state index in [1.807, 2.05) is 0 Å². The number of alkyl halides is 1. The summed E-state index contributed by atoms with van der Waals surface area (Å²) in [6.07, 6.45) is 0. The van der Waals surface area contributed by atoms with E-state index in [0.717, 1.165) is 0 Å². The Hall–Kier alpha value is -0.170. The van der Waals surface area contributed by atoms with Crippen molar-refractivity contribution < 1.29 is 0 Å². The van der Waals surface area contributed by atoms with E-state index in [1.165, 1.54) is 11.3 Å². The Bertz CT molecular complexity index is 123. The van der Waals surface area contributed by atoms with E-state index in [2.05, 4.69) is 33.0 Å². The van der Waals surface area contributed by atoms with Gasteiger partial charge in [0, 0.05) is 5.70 Å². The lowest BCUT2D eigenvalue weighted by Gasteiger charge is -2.13. The van der Waals surface area contributed by atoms with Crippen molar-refractivity contribution in [2.75, 3.05) is 6.00 Å². The molecule has 1 N–H and O–H groups in total. The first-order valence-corrected chi connectivity index (χ1v) is 4.10. The van der Waals surface area contributed by atoms with Gasteiger partial charge in [-0.1, -0.05) is 19.4 Å². The van der Waals surface area contributed by atoms with Crippen LogP contribution in [0.3, 0.4) is 0 Å². The Balaban J connectivity index is 4.13. The SMILES string of the molecule is CC(C)=C(NCCl)C(C)C. The zero-order valence-corrected chi connectivity index (χ0v) is 7.92. The molecule has 0 spiro atoms. The van der Waals surface area contributed by atoms with E-state index in [9.17, 15) is 0 Å². The van der Waals surface area contributed by atoms with Crippen molar-refractivity contribution in [3.8, 4) is 0 Å². The minimum absolute atomic E-state index is 0.499. The predicted molar refractivity (Wildman–Crippen MR) is 47.1 cm³/mol. The summed E-state index contributed by atoms with van der Waals surface area (Å²) < 4.78 is 0. The lowest BCUT2D eigenvalue weighted by Crippen LogP contribution is -2.16. The van der Waals surface area contributed by atoms with Gasteiger partial charge < -0.3 is 5.32 Å². The highest BCUT2D eigenvalue weighted by Crippen LogP contribution is 2.10. The van der Waals surface area contributed by atoms with Crippen LogP contribution in [-0.4, -0.2) is 6.00 Å². The topological polar surface area (TPSA) is 12.0 Å². The lowest BCUT2D eigenvalue weighted by molar-refractivity contribution is 0.678. The van der Waals surface area contributed by atoms with E-state index in [4.69, 9.17) is 11.6 Å². The molecule has 0 saturated carbocycles. The van der Waals surface area contributed by atoms with Crippen molar-refractivity contribution in [3.05, 3.63) is 11.3 Å². The quantitative estimate of drug-likeness (QED) is 0.496. The van der Waals surface area contributed by atoms with Gasteiger partial charge in [-0.25, -0.2) is 0 Å². The molecule has 0 atom stereocenters. The van der Waals surface area contributed by atoms with Crippen molar-refractivity contribution in [1.29, 1.82) is 0 Å². The van der Waals surface area contributed by atoms with Crippen LogP contribution in [0.5, 0.6) is 0 Å². The fourth-order valence-electron chi connectivity index (χ4n) is 1.03. The normalized spacial score (nSPS) is 9.80. The van der Waals surface area contributed by atoms with Crippen LogP contribution in [-0.2, 0) is 0 Å². The summed E-state index contributed by atoms with van der Waals surface area (Å²) >= 11 is 5.54. The molecule has 0 heterocycles. The van der Waals surface area contributed by atoms with Crippen molar-refractivity contribution >= 4 is 11.6 Å². The van der Waals surface area contributed by atoms with Crippen LogP contribution >= 0.6 is 11.6 Å². The largest absolute Gasteiger partial charge is 0.375 e. The maximum absolute atomic E-state index is 5.54. The summed E-state index contributed by atoms with van der Waals surface area (Å²) in [5, 5.41) is 3.13. The summed E-state index contributed by atoms with van der Waals surface area (Å²) in [6, 6.07) is 0.499. The molecule has 60 valence electrons. The van der Waals surface area contributed by atoms with Crippen LogP contribution in [0.4, 0.5) is 0 Å². The molecule has 0 bridgehead atoms. The highest BCUT2D eigenvalue weighted by atomic mass is 35.5. The molecule has 10 heavy (non-hydrogen) atoms. The molecule has 1 nitrogen and oxygen atoms in total. The molecule has 0 rings (SSSR count). The molecular formula is C8H16ClN. The molecule has 0 aromatic heterocycles. The standard InChI is InChI=1S/C8H16ClN/c1-6(2)8(7(3)4)10-5-9/h6,10H,5H2,1-4H3. The third-order valence-corrected chi connectivity index (χ3v) is 1.51. The number of hydrogen-bond donors (Lipinski definition) is 1. The van der Waals surface area contributed by atoms with Crippen LogP contribution in [0.25, 0.3) is 0 Å². The Morgan fingerprint density at radius 1 is 1.40 bits per heavy atom. The fraction of sp³-hybridized carbons (Fsp3) is 0.750. The van der Waals surface area contributed by atoms with Crippen LogP contribution in [0, 0.1) is 5.92 Å². The average Bonchev–Trinajstić information content (AvgIpc) is 1.81. The van der Waals surface area contributed by atoms with Crippen LogP contribution in [0.1, 0.15) is 27.7 Å². The first kappa shape index (κ1) is 9.83. The van der Waals surface area contributed by atoms with Gasteiger partial charge in [0.05, 0.1) is 6.00 Å². The zero-order valence-electron chi connectivity index (χ0n) is 7.16. The molecule has 0 radical (unpaired) electrons. The maximum Gasteiger partial charge on any atom is 0.0899 e. The number of allylic oxidation sites excluding steroid dienone is 2. The predicted octanol–water partition coefficient (Wildman–Crippen LogP) is 2.72. The molecular weight excluding hydrogens is 146 g/mol. The van der Waals surface area contributed by atoms with Crippen molar-refractivity contribution in [3.63, 3.8) is 0 Å². The maximum atomic E-state index is 5.54. The van der Waals surface area contributed by atoms with Gasteiger partial charge in [0.1, 0.15) is 0 Å². The Kier molecular flexibility index (Phi) is 4.54. The fourth-order valence-corrected chi connectivity index (χ4v) is 1.17. The van der Waals surface area contributed by atoms with E-state index in [-0.39, 0.29) is 0 Å². The Morgan fingerprint density at radius 3 is 2.00 bits per heavy atom. The summed E-state index contributed by atoms with van der Waals surface area (Å²) in [4.78, 5) is 0. The molecule has 0 unspecified atom stereocenters. The third kappa shape index (κ3) is 3.11. The zero-order chi connectivity index (χ0) is 8.15. The smallest absolute Gasteiger partial charge is 0.0899 e. The summed E-state index contributed by atoms with van der Waals surface area (Å²) in [6.45, 7) is 8.49. The molecule has 0 fully saturated rings. The average molecular weight is 162 g/mol.